The Hall–Kier alpha value is -0.920. The Balaban J connectivity index is 2.58. The van der Waals surface area contributed by atoms with Crippen LogP contribution in [0, 0.1) is 0 Å². The summed E-state index contributed by atoms with van der Waals surface area (Å²) in [5.41, 5.74) is 0. The third-order valence-corrected chi connectivity index (χ3v) is 11.1. The summed E-state index contributed by atoms with van der Waals surface area (Å²) in [5.74, 6) is -0.342. The first-order valence-corrected chi connectivity index (χ1v) is 22.1. The molecule has 0 saturated heterocycles. The third kappa shape index (κ3) is 22.5. The van der Waals surface area contributed by atoms with Crippen molar-refractivity contribution in [2.45, 2.75) is 223 Å². The average Bonchev–Trinajstić information content (AvgIpc) is 3.12. The fourth-order valence-corrected chi connectivity index (χ4v) is 7.57. The van der Waals surface area contributed by atoms with Gasteiger partial charge in [0.2, 0.25) is 5.91 Å². The second-order valence-corrected chi connectivity index (χ2v) is 16.2. The van der Waals surface area contributed by atoms with E-state index in [1.54, 1.807) is 0 Å². The van der Waals surface area contributed by atoms with Crippen molar-refractivity contribution < 1.29 is 53.9 Å². The summed E-state index contributed by atoms with van der Waals surface area (Å²) in [4.78, 5) is 23.2. The van der Waals surface area contributed by atoms with Crippen molar-refractivity contribution in [1.82, 2.24) is 5.32 Å². The van der Waals surface area contributed by atoms with Gasteiger partial charge in [-0.25, -0.2) is 4.57 Å². The number of rotatable bonds is 33. The molecule has 0 aromatic heterocycles. The molecule has 9 atom stereocenters. The van der Waals surface area contributed by atoms with Crippen molar-refractivity contribution >= 4 is 13.7 Å². The third-order valence-electron chi connectivity index (χ3n) is 10.1. The summed E-state index contributed by atoms with van der Waals surface area (Å²) < 4.78 is 22.8. The summed E-state index contributed by atoms with van der Waals surface area (Å²) in [5, 5.41) is 63.7. The number of phosphoric acid groups is 1. The molecule has 1 rings (SSSR count). The van der Waals surface area contributed by atoms with E-state index in [1.807, 2.05) is 6.08 Å². The van der Waals surface area contributed by atoms with E-state index >= 15 is 0 Å². The van der Waals surface area contributed by atoms with E-state index in [2.05, 4.69) is 19.2 Å². The van der Waals surface area contributed by atoms with Crippen LogP contribution in [0.5, 0.6) is 0 Å². The number of carbonyl (C=O) groups excluding carboxylic acids is 1. The molecule has 0 heterocycles. The summed E-state index contributed by atoms with van der Waals surface area (Å²) in [6, 6.07) is -1.11. The number of hydrogen-bond acceptors (Lipinski definition) is 10. The first-order valence-electron chi connectivity index (χ1n) is 20.6. The smallest absolute Gasteiger partial charge is 0.387 e. The van der Waals surface area contributed by atoms with Gasteiger partial charge in [-0.2, -0.15) is 0 Å². The van der Waals surface area contributed by atoms with Gasteiger partial charge in [0.05, 0.1) is 18.8 Å². The van der Waals surface area contributed by atoms with Crippen molar-refractivity contribution in [2.75, 3.05) is 6.61 Å². The molecule has 1 aliphatic rings. The van der Waals surface area contributed by atoms with Gasteiger partial charge in [0.25, 0.3) is 0 Å². The summed E-state index contributed by atoms with van der Waals surface area (Å²) in [7, 11) is -5.07. The van der Waals surface area contributed by atoms with E-state index in [4.69, 9.17) is 9.05 Å². The fourth-order valence-electron chi connectivity index (χ4n) is 6.61. The van der Waals surface area contributed by atoms with Crippen molar-refractivity contribution in [3.05, 3.63) is 12.2 Å². The molecule has 6 unspecified atom stereocenters. The van der Waals surface area contributed by atoms with Crippen LogP contribution in [0.15, 0.2) is 12.2 Å². The van der Waals surface area contributed by atoms with Crippen LogP contribution in [0.2, 0.25) is 0 Å². The van der Waals surface area contributed by atoms with E-state index in [1.165, 1.54) is 109 Å². The van der Waals surface area contributed by atoms with E-state index < -0.39 is 63.2 Å². The molecule has 52 heavy (non-hydrogen) atoms. The molecule has 0 aliphatic heterocycles. The van der Waals surface area contributed by atoms with Crippen LogP contribution in [0.25, 0.3) is 0 Å². The SMILES string of the molecule is CCCCCCCCCCCCC/C=C/[C@@H](O)[C@H](COP(=O)(O)OC1C(O)C(O)C(O)[C@@H](O)C1O)NC(=O)CCCCCCCCCCCCCC. The van der Waals surface area contributed by atoms with Crippen LogP contribution >= 0.6 is 7.82 Å². The van der Waals surface area contributed by atoms with Gasteiger partial charge in [0, 0.05) is 6.42 Å². The monoisotopic (exact) mass is 766 g/mol. The van der Waals surface area contributed by atoms with Crippen molar-refractivity contribution in [1.29, 1.82) is 0 Å². The number of carbonyl (C=O) groups is 1. The molecule has 1 amide bonds. The number of phosphoric ester groups is 1. The minimum absolute atomic E-state index is 0.217. The molecule has 0 aromatic carbocycles. The van der Waals surface area contributed by atoms with Gasteiger partial charge >= 0.3 is 7.82 Å². The Labute approximate surface area is 314 Å². The predicted molar refractivity (Wildman–Crippen MR) is 205 cm³/mol. The highest BCUT2D eigenvalue weighted by Gasteiger charge is 2.51. The van der Waals surface area contributed by atoms with Gasteiger partial charge in [-0.15, -0.1) is 0 Å². The van der Waals surface area contributed by atoms with Gasteiger partial charge in [-0.3, -0.25) is 13.8 Å². The Kier molecular flexibility index (Phi) is 28.6. The number of allylic oxidation sites excluding steroid dienone is 1. The number of nitrogens with one attached hydrogen (secondary N) is 1. The Morgan fingerprint density at radius 2 is 1.02 bits per heavy atom. The van der Waals surface area contributed by atoms with Gasteiger partial charge in [0.15, 0.2) is 0 Å². The van der Waals surface area contributed by atoms with Gasteiger partial charge in [-0.05, 0) is 19.3 Å². The lowest BCUT2D eigenvalue weighted by molar-refractivity contribution is -0.220. The van der Waals surface area contributed by atoms with Crippen LogP contribution in [0.3, 0.4) is 0 Å². The van der Waals surface area contributed by atoms with Gasteiger partial charge in [-0.1, -0.05) is 161 Å². The molecule has 308 valence electrons. The minimum Gasteiger partial charge on any atom is -0.387 e. The molecule has 0 bridgehead atoms. The minimum atomic E-state index is -5.07. The zero-order valence-corrected chi connectivity index (χ0v) is 33.3. The zero-order valence-electron chi connectivity index (χ0n) is 32.4. The van der Waals surface area contributed by atoms with Crippen LogP contribution in [0.4, 0.5) is 0 Å². The van der Waals surface area contributed by atoms with Crippen LogP contribution < -0.4 is 5.32 Å². The maximum atomic E-state index is 12.8. The van der Waals surface area contributed by atoms with E-state index in [0.29, 0.717) is 6.42 Å². The van der Waals surface area contributed by atoms with Crippen molar-refractivity contribution in [2.24, 2.45) is 0 Å². The molecule has 8 N–H and O–H groups in total. The zero-order chi connectivity index (χ0) is 38.6. The molecule has 1 saturated carbocycles. The molecule has 1 aliphatic carbocycles. The van der Waals surface area contributed by atoms with Gasteiger partial charge < -0.3 is 40.8 Å². The normalized spacial score (nSPS) is 24.6. The standard InChI is InChI=1S/C39H76NO11P/c1-3-5-7-9-11-13-15-17-18-20-22-24-26-28-32(41)31(40-33(42)29-27-25-23-21-19-16-14-12-10-8-6-4-2)30-50-52(48,49)51-39-37(46)35(44)34(43)36(45)38(39)47/h26,28,31-32,34-39,41,43-47H,3-25,27,29-30H2,1-2H3,(H,40,42)(H,48,49)/b28-26+/t31-,32+,34?,35+,36?,37?,38?,39?/m0/s1. The van der Waals surface area contributed by atoms with Crippen LogP contribution in [-0.4, -0.2) is 96.8 Å². The highest BCUT2D eigenvalue weighted by atomic mass is 31.2. The van der Waals surface area contributed by atoms with Crippen LogP contribution in [-0.2, 0) is 18.4 Å². The second-order valence-electron chi connectivity index (χ2n) is 14.8. The number of aliphatic hydroxyl groups excluding tert-OH is 6. The Morgan fingerprint density at radius 1 is 0.635 bits per heavy atom. The maximum Gasteiger partial charge on any atom is 0.472 e. The largest absolute Gasteiger partial charge is 0.472 e. The molecule has 1 fully saturated rings. The lowest BCUT2D eigenvalue weighted by Gasteiger charge is -2.41. The lowest BCUT2D eigenvalue weighted by atomic mass is 9.85. The molecule has 0 aromatic rings. The van der Waals surface area contributed by atoms with E-state index in [-0.39, 0.29) is 12.3 Å². The summed E-state index contributed by atoms with van der Waals surface area (Å²) in [6.45, 7) is 3.80. The highest BCUT2D eigenvalue weighted by molar-refractivity contribution is 7.47. The molecule has 12 nitrogen and oxygen atoms in total. The quantitative estimate of drug-likeness (QED) is 0.0206. The average molecular weight is 766 g/mol. The molecule has 0 radical (unpaired) electrons. The highest BCUT2D eigenvalue weighted by Crippen LogP contribution is 2.47. The summed E-state index contributed by atoms with van der Waals surface area (Å²) >= 11 is 0. The topological polar surface area (TPSA) is 206 Å². The van der Waals surface area contributed by atoms with Gasteiger partial charge in [0.1, 0.15) is 36.6 Å². The molecular formula is C39H76NO11P. The second kappa shape index (κ2) is 30.3. The first-order chi connectivity index (χ1) is 24.9. The van der Waals surface area contributed by atoms with Crippen molar-refractivity contribution in [3.8, 4) is 0 Å². The number of aliphatic hydroxyl groups is 6. The van der Waals surface area contributed by atoms with Crippen molar-refractivity contribution in [3.63, 3.8) is 0 Å². The van der Waals surface area contributed by atoms with Crippen LogP contribution in [0.1, 0.15) is 174 Å². The Morgan fingerprint density at radius 3 is 1.46 bits per heavy atom. The first kappa shape index (κ1) is 49.1. The number of unbranched alkanes of at least 4 members (excludes halogenated alkanes) is 22. The molecular weight excluding hydrogens is 689 g/mol. The van der Waals surface area contributed by atoms with E-state index in [0.717, 1.165) is 44.9 Å². The number of hydrogen-bond donors (Lipinski definition) is 8. The fraction of sp³-hybridized carbons (Fsp3) is 0.923. The van der Waals surface area contributed by atoms with E-state index in [9.17, 15) is 44.9 Å². The molecule has 0 spiro atoms. The predicted octanol–water partition coefficient (Wildman–Crippen LogP) is 6.50. The summed E-state index contributed by atoms with van der Waals surface area (Å²) in [6.07, 6.45) is 18.6. The molecule has 13 heteroatoms. The lowest BCUT2D eigenvalue weighted by Crippen LogP contribution is -2.64. The Bertz CT molecular complexity index is 941. The maximum absolute atomic E-state index is 12.8. The number of amides is 1.